The van der Waals surface area contributed by atoms with Crippen molar-refractivity contribution in [1.29, 1.82) is 0 Å². The molecule has 2 fully saturated rings. The van der Waals surface area contributed by atoms with Crippen LogP contribution in [0.1, 0.15) is 37.3 Å². The van der Waals surface area contributed by atoms with Crippen LogP contribution in [0.2, 0.25) is 0 Å². The summed E-state index contributed by atoms with van der Waals surface area (Å²) >= 11 is 0. The maximum atomic E-state index is 13.1. The Labute approximate surface area is 137 Å². The smallest absolute Gasteiger partial charge is 0.224 e. The summed E-state index contributed by atoms with van der Waals surface area (Å²) in [5.41, 5.74) is 1.12. The highest BCUT2D eigenvalue weighted by atomic mass is 19.1. The molecule has 0 unspecified atom stereocenters. The zero-order valence-electron chi connectivity index (χ0n) is 13.5. The van der Waals surface area contributed by atoms with Gasteiger partial charge in [0.15, 0.2) is 0 Å². The van der Waals surface area contributed by atoms with Crippen molar-refractivity contribution in [3.05, 3.63) is 35.6 Å². The Morgan fingerprint density at radius 3 is 2.57 bits per heavy atom. The van der Waals surface area contributed by atoms with Gasteiger partial charge in [0, 0.05) is 32.1 Å². The van der Waals surface area contributed by atoms with Crippen LogP contribution >= 0.6 is 0 Å². The normalized spacial score (nSPS) is 20.1. The molecule has 5 heteroatoms. The third-order valence-corrected chi connectivity index (χ3v) is 4.92. The van der Waals surface area contributed by atoms with Crippen molar-refractivity contribution in [1.82, 2.24) is 10.2 Å². The number of nitrogens with one attached hydrogen (secondary N) is 1. The number of nitrogens with zero attached hydrogens (tertiary/aromatic N) is 1. The molecule has 0 aromatic heterocycles. The standard InChI is InChI=1S/C18H25FN2O2/c19-16-6-4-15(5-7-16)18(14-2-1-3-14)20-9-8-17(22)21-10-12-23-13-11-21/h4-7,14,18,20H,1-3,8-13H2/t18-/m1/s1. The topological polar surface area (TPSA) is 41.6 Å². The number of benzene rings is 1. The van der Waals surface area contributed by atoms with Crippen LogP contribution in [-0.2, 0) is 9.53 Å². The summed E-state index contributed by atoms with van der Waals surface area (Å²) < 4.78 is 18.4. The van der Waals surface area contributed by atoms with Crippen LogP contribution in [0.5, 0.6) is 0 Å². The van der Waals surface area contributed by atoms with Crippen LogP contribution in [0.15, 0.2) is 24.3 Å². The Bertz CT molecular complexity index is 510. The van der Waals surface area contributed by atoms with E-state index in [1.807, 2.05) is 17.0 Å². The van der Waals surface area contributed by atoms with Gasteiger partial charge in [-0.3, -0.25) is 4.79 Å². The molecule has 1 aromatic carbocycles. The van der Waals surface area contributed by atoms with Crippen LogP contribution in [0, 0.1) is 11.7 Å². The zero-order valence-corrected chi connectivity index (χ0v) is 13.5. The first-order valence-corrected chi connectivity index (χ1v) is 8.58. The van der Waals surface area contributed by atoms with Crippen molar-refractivity contribution >= 4 is 5.91 Å². The highest BCUT2D eigenvalue weighted by Crippen LogP contribution is 2.37. The molecule has 3 rings (SSSR count). The summed E-state index contributed by atoms with van der Waals surface area (Å²) in [4.78, 5) is 14.1. The molecule has 1 N–H and O–H groups in total. The second kappa shape index (κ2) is 7.88. The van der Waals surface area contributed by atoms with Gasteiger partial charge in [-0.2, -0.15) is 0 Å². The number of hydrogen-bond acceptors (Lipinski definition) is 3. The van der Waals surface area contributed by atoms with E-state index in [-0.39, 0.29) is 17.8 Å². The number of hydrogen-bond donors (Lipinski definition) is 1. The fourth-order valence-electron chi connectivity index (χ4n) is 3.31. The number of rotatable bonds is 6. The fourth-order valence-corrected chi connectivity index (χ4v) is 3.31. The minimum absolute atomic E-state index is 0.187. The lowest BCUT2D eigenvalue weighted by Crippen LogP contribution is -2.42. The first kappa shape index (κ1) is 16.4. The largest absolute Gasteiger partial charge is 0.378 e. The van der Waals surface area contributed by atoms with E-state index in [2.05, 4.69) is 5.32 Å². The predicted molar refractivity (Wildman–Crippen MR) is 86.5 cm³/mol. The van der Waals surface area contributed by atoms with Gasteiger partial charge in [0.2, 0.25) is 5.91 Å². The molecule has 126 valence electrons. The number of ether oxygens (including phenoxy) is 1. The van der Waals surface area contributed by atoms with E-state index in [4.69, 9.17) is 4.74 Å². The molecule has 1 heterocycles. The van der Waals surface area contributed by atoms with Crippen LogP contribution in [0.4, 0.5) is 4.39 Å². The van der Waals surface area contributed by atoms with Crippen molar-refractivity contribution in [2.75, 3.05) is 32.8 Å². The molecule has 0 spiro atoms. The molecule has 1 aliphatic heterocycles. The average Bonchev–Trinajstić information content (AvgIpc) is 2.54. The Hall–Kier alpha value is -1.46. The van der Waals surface area contributed by atoms with Gasteiger partial charge < -0.3 is 15.0 Å². The van der Waals surface area contributed by atoms with E-state index in [1.54, 1.807) is 0 Å². The Balaban J connectivity index is 1.52. The van der Waals surface area contributed by atoms with Crippen LogP contribution in [-0.4, -0.2) is 43.7 Å². The summed E-state index contributed by atoms with van der Waals surface area (Å²) in [7, 11) is 0. The highest BCUT2D eigenvalue weighted by Gasteiger charge is 2.28. The molecule has 1 amide bonds. The maximum absolute atomic E-state index is 13.1. The van der Waals surface area contributed by atoms with E-state index >= 15 is 0 Å². The lowest BCUT2D eigenvalue weighted by Gasteiger charge is -2.35. The first-order valence-electron chi connectivity index (χ1n) is 8.58. The molecule has 0 bridgehead atoms. The van der Waals surface area contributed by atoms with Crippen LogP contribution < -0.4 is 5.32 Å². The third kappa shape index (κ3) is 4.30. The monoisotopic (exact) mass is 320 g/mol. The second-order valence-electron chi connectivity index (χ2n) is 6.42. The van der Waals surface area contributed by atoms with Crippen molar-refractivity contribution in [2.45, 2.75) is 31.7 Å². The minimum Gasteiger partial charge on any atom is -0.378 e. The summed E-state index contributed by atoms with van der Waals surface area (Å²) in [6.45, 7) is 3.33. The van der Waals surface area contributed by atoms with E-state index < -0.39 is 0 Å². The molecule has 23 heavy (non-hydrogen) atoms. The average molecular weight is 320 g/mol. The van der Waals surface area contributed by atoms with Gasteiger partial charge in [0.25, 0.3) is 0 Å². The number of carbonyl (C=O) groups excluding carboxylic acids is 1. The van der Waals surface area contributed by atoms with Gasteiger partial charge in [-0.1, -0.05) is 18.6 Å². The van der Waals surface area contributed by atoms with Crippen molar-refractivity contribution in [3.63, 3.8) is 0 Å². The van der Waals surface area contributed by atoms with Gasteiger partial charge in [0.1, 0.15) is 5.82 Å². The van der Waals surface area contributed by atoms with Crippen LogP contribution in [0.3, 0.4) is 0 Å². The van der Waals surface area contributed by atoms with Crippen LogP contribution in [0.25, 0.3) is 0 Å². The molecule has 1 aromatic rings. The predicted octanol–water partition coefficient (Wildman–Crippen LogP) is 2.51. The van der Waals surface area contributed by atoms with Gasteiger partial charge >= 0.3 is 0 Å². The Morgan fingerprint density at radius 2 is 1.96 bits per heavy atom. The fraction of sp³-hybridized carbons (Fsp3) is 0.611. The SMILES string of the molecule is O=C(CCN[C@@H](c1ccc(F)cc1)C1CCC1)N1CCOCC1. The molecule has 1 saturated carbocycles. The minimum atomic E-state index is -0.205. The van der Waals surface area contributed by atoms with E-state index in [0.717, 1.165) is 5.56 Å². The second-order valence-corrected chi connectivity index (χ2v) is 6.42. The van der Waals surface area contributed by atoms with Gasteiger partial charge in [-0.05, 0) is 36.5 Å². The molecule has 1 atom stereocenters. The number of carbonyl (C=O) groups is 1. The number of amides is 1. The Kier molecular flexibility index (Phi) is 5.62. The molecular weight excluding hydrogens is 295 g/mol. The van der Waals surface area contributed by atoms with E-state index in [1.165, 1.54) is 31.4 Å². The van der Waals surface area contributed by atoms with Crippen molar-refractivity contribution < 1.29 is 13.9 Å². The number of halogens is 1. The maximum Gasteiger partial charge on any atom is 0.224 e. The lowest BCUT2D eigenvalue weighted by atomic mass is 9.77. The van der Waals surface area contributed by atoms with Gasteiger partial charge in [-0.25, -0.2) is 4.39 Å². The summed E-state index contributed by atoms with van der Waals surface area (Å²) in [5.74, 6) is 0.579. The molecule has 1 aliphatic carbocycles. The van der Waals surface area contributed by atoms with E-state index in [9.17, 15) is 9.18 Å². The Morgan fingerprint density at radius 1 is 1.26 bits per heavy atom. The quantitative estimate of drug-likeness (QED) is 0.876. The molecule has 0 radical (unpaired) electrons. The van der Waals surface area contributed by atoms with Gasteiger partial charge in [0.05, 0.1) is 13.2 Å². The van der Waals surface area contributed by atoms with Gasteiger partial charge in [-0.15, -0.1) is 0 Å². The summed E-state index contributed by atoms with van der Waals surface area (Å²) in [5, 5.41) is 3.53. The van der Waals surface area contributed by atoms with E-state index in [0.29, 0.717) is 45.2 Å². The third-order valence-electron chi connectivity index (χ3n) is 4.92. The summed E-state index contributed by atoms with van der Waals surface area (Å²) in [6.07, 6.45) is 4.17. The molecule has 4 nitrogen and oxygen atoms in total. The molecular formula is C18H25FN2O2. The molecule has 1 saturated heterocycles. The highest BCUT2D eigenvalue weighted by molar-refractivity contribution is 5.76. The summed E-state index contributed by atoms with van der Waals surface area (Å²) in [6, 6.07) is 6.97. The lowest BCUT2D eigenvalue weighted by molar-refractivity contribution is -0.135. The first-order chi connectivity index (χ1) is 11.2. The zero-order chi connectivity index (χ0) is 16.1. The molecule has 2 aliphatic rings. The number of morpholine rings is 1. The van der Waals surface area contributed by atoms with Crippen molar-refractivity contribution in [2.24, 2.45) is 5.92 Å². The van der Waals surface area contributed by atoms with Crippen molar-refractivity contribution in [3.8, 4) is 0 Å².